The van der Waals surface area contributed by atoms with E-state index in [1.807, 2.05) is 0 Å². The number of pyridine rings is 1. The quantitative estimate of drug-likeness (QED) is 0.855. The summed E-state index contributed by atoms with van der Waals surface area (Å²) in [5.74, 6) is -1.39. The van der Waals surface area contributed by atoms with Gasteiger partial charge in [-0.3, -0.25) is 9.78 Å². The van der Waals surface area contributed by atoms with Crippen molar-refractivity contribution >= 4 is 28.2 Å². The molecule has 0 bridgehead atoms. The van der Waals surface area contributed by atoms with Crippen molar-refractivity contribution in [3.05, 3.63) is 46.1 Å². The standard InChI is InChI=1S/C19H22N2O3S/c1-18(2)9-11-13(17(23)24)16(25-14(11)19(3,4)10-18)21-15(22)12-7-5-6-8-20-12/h5-8H,9-10H2,1-4H3,(H,21,22)(H,23,24). The van der Waals surface area contributed by atoms with E-state index in [1.54, 1.807) is 18.2 Å². The summed E-state index contributed by atoms with van der Waals surface area (Å²) in [6.07, 6.45) is 3.21. The number of hydrogen-bond acceptors (Lipinski definition) is 4. The largest absolute Gasteiger partial charge is 0.478 e. The lowest BCUT2D eigenvalue weighted by atomic mass is 9.65. The molecule has 2 heterocycles. The molecule has 132 valence electrons. The number of thiophene rings is 1. The summed E-state index contributed by atoms with van der Waals surface area (Å²) in [6, 6.07) is 5.06. The Morgan fingerprint density at radius 1 is 1.24 bits per heavy atom. The van der Waals surface area contributed by atoms with E-state index in [1.165, 1.54) is 17.5 Å². The summed E-state index contributed by atoms with van der Waals surface area (Å²) in [7, 11) is 0. The minimum absolute atomic E-state index is 0.0179. The zero-order valence-electron chi connectivity index (χ0n) is 14.8. The molecule has 3 rings (SSSR count). The smallest absolute Gasteiger partial charge is 0.339 e. The van der Waals surface area contributed by atoms with Crippen molar-refractivity contribution in [2.24, 2.45) is 5.41 Å². The lowest BCUT2D eigenvalue weighted by molar-refractivity contribution is 0.0696. The van der Waals surface area contributed by atoms with Crippen LogP contribution < -0.4 is 5.32 Å². The summed E-state index contributed by atoms with van der Waals surface area (Å²) in [6.45, 7) is 8.60. The van der Waals surface area contributed by atoms with Gasteiger partial charge in [0.1, 0.15) is 10.7 Å². The lowest BCUT2D eigenvalue weighted by Crippen LogP contribution is -2.34. The molecule has 1 aliphatic rings. The Bertz CT molecular complexity index is 838. The van der Waals surface area contributed by atoms with Crippen LogP contribution in [0.4, 0.5) is 5.00 Å². The molecule has 2 aromatic rings. The number of aromatic nitrogens is 1. The molecule has 25 heavy (non-hydrogen) atoms. The van der Waals surface area contributed by atoms with Crippen molar-refractivity contribution in [1.29, 1.82) is 0 Å². The SMILES string of the molecule is CC1(C)Cc2c(sc(NC(=O)c3ccccn3)c2C(=O)O)C(C)(C)C1. The van der Waals surface area contributed by atoms with Gasteiger partial charge < -0.3 is 10.4 Å². The van der Waals surface area contributed by atoms with Crippen LogP contribution in [0.5, 0.6) is 0 Å². The van der Waals surface area contributed by atoms with Crippen LogP contribution in [0.25, 0.3) is 0 Å². The van der Waals surface area contributed by atoms with Crippen LogP contribution in [0.1, 0.15) is 65.4 Å². The van der Waals surface area contributed by atoms with Gasteiger partial charge in [0, 0.05) is 11.1 Å². The highest BCUT2D eigenvalue weighted by atomic mass is 32.1. The maximum atomic E-state index is 12.4. The van der Waals surface area contributed by atoms with Crippen molar-refractivity contribution in [2.75, 3.05) is 5.32 Å². The van der Waals surface area contributed by atoms with Gasteiger partial charge in [0.25, 0.3) is 5.91 Å². The van der Waals surface area contributed by atoms with Crippen LogP contribution in [0.15, 0.2) is 24.4 Å². The highest BCUT2D eigenvalue weighted by Crippen LogP contribution is 2.52. The van der Waals surface area contributed by atoms with Crippen molar-refractivity contribution in [2.45, 2.75) is 46.0 Å². The Labute approximate surface area is 151 Å². The molecule has 0 aliphatic heterocycles. The molecule has 2 N–H and O–H groups in total. The Morgan fingerprint density at radius 3 is 2.56 bits per heavy atom. The van der Waals surface area contributed by atoms with E-state index in [-0.39, 0.29) is 22.1 Å². The molecule has 0 saturated carbocycles. The molecule has 1 amide bonds. The Morgan fingerprint density at radius 2 is 1.96 bits per heavy atom. The maximum Gasteiger partial charge on any atom is 0.339 e. The molecule has 0 fully saturated rings. The average molecular weight is 358 g/mol. The second-order valence-corrected chi connectivity index (χ2v) is 9.01. The number of carboxylic acid groups (broad SMARTS) is 1. The van der Waals surface area contributed by atoms with E-state index in [0.717, 1.165) is 16.9 Å². The minimum atomic E-state index is -0.998. The Hall–Kier alpha value is -2.21. The number of fused-ring (bicyclic) bond motifs is 1. The average Bonchev–Trinajstić information content (AvgIpc) is 2.85. The molecule has 0 atom stereocenters. The molecule has 0 spiro atoms. The first-order chi connectivity index (χ1) is 11.6. The predicted octanol–water partition coefficient (Wildman–Crippen LogP) is 4.34. The van der Waals surface area contributed by atoms with Crippen LogP contribution in [0, 0.1) is 5.41 Å². The summed E-state index contributed by atoms with van der Waals surface area (Å²) in [5, 5.41) is 12.9. The number of hydrogen-bond donors (Lipinski definition) is 2. The van der Waals surface area contributed by atoms with Gasteiger partial charge in [0.05, 0.1) is 5.56 Å². The predicted molar refractivity (Wildman–Crippen MR) is 98.6 cm³/mol. The summed E-state index contributed by atoms with van der Waals surface area (Å²) in [4.78, 5) is 29.4. The highest BCUT2D eigenvalue weighted by molar-refractivity contribution is 7.17. The molecule has 1 aliphatic carbocycles. The number of anilines is 1. The van der Waals surface area contributed by atoms with Gasteiger partial charge in [0.15, 0.2) is 0 Å². The number of nitrogens with one attached hydrogen (secondary N) is 1. The molecule has 5 nitrogen and oxygen atoms in total. The molecule has 2 aromatic heterocycles. The topological polar surface area (TPSA) is 79.3 Å². The fraction of sp³-hybridized carbons (Fsp3) is 0.421. The minimum Gasteiger partial charge on any atom is -0.478 e. The van der Waals surface area contributed by atoms with E-state index in [2.05, 4.69) is 38.0 Å². The van der Waals surface area contributed by atoms with Crippen LogP contribution in [-0.4, -0.2) is 22.0 Å². The number of carboxylic acids is 1. The van der Waals surface area contributed by atoms with Crippen molar-refractivity contribution in [3.63, 3.8) is 0 Å². The Kier molecular flexibility index (Phi) is 4.19. The van der Waals surface area contributed by atoms with E-state index < -0.39 is 11.9 Å². The molecule has 0 saturated heterocycles. The molecule has 0 unspecified atom stereocenters. The van der Waals surface area contributed by atoms with E-state index in [4.69, 9.17) is 0 Å². The summed E-state index contributed by atoms with van der Waals surface area (Å²) in [5.41, 5.74) is 1.24. The number of amides is 1. The second-order valence-electron chi connectivity index (χ2n) is 7.99. The van der Waals surface area contributed by atoms with Crippen LogP contribution in [-0.2, 0) is 11.8 Å². The van der Waals surface area contributed by atoms with Crippen molar-refractivity contribution in [3.8, 4) is 0 Å². The summed E-state index contributed by atoms with van der Waals surface area (Å²) < 4.78 is 0. The number of carbonyl (C=O) groups excluding carboxylic acids is 1. The molecular weight excluding hydrogens is 336 g/mol. The zero-order valence-corrected chi connectivity index (χ0v) is 15.7. The van der Waals surface area contributed by atoms with Gasteiger partial charge in [0.2, 0.25) is 0 Å². The highest BCUT2D eigenvalue weighted by Gasteiger charge is 2.42. The van der Waals surface area contributed by atoms with Gasteiger partial charge >= 0.3 is 5.97 Å². The van der Waals surface area contributed by atoms with E-state index >= 15 is 0 Å². The molecule has 0 radical (unpaired) electrons. The van der Waals surface area contributed by atoms with Gasteiger partial charge in [-0.1, -0.05) is 33.8 Å². The molecular formula is C19H22N2O3S. The third-order valence-electron chi connectivity index (χ3n) is 4.54. The number of aromatic carboxylic acids is 1. The first kappa shape index (κ1) is 17.6. The second kappa shape index (κ2) is 5.95. The van der Waals surface area contributed by atoms with Crippen LogP contribution in [0.3, 0.4) is 0 Å². The van der Waals surface area contributed by atoms with Gasteiger partial charge in [-0.05, 0) is 41.4 Å². The summed E-state index contributed by atoms with van der Waals surface area (Å²) >= 11 is 1.38. The fourth-order valence-corrected chi connectivity index (χ4v) is 5.28. The van der Waals surface area contributed by atoms with E-state index in [9.17, 15) is 14.7 Å². The number of nitrogens with zero attached hydrogens (tertiary/aromatic N) is 1. The first-order valence-corrected chi connectivity index (χ1v) is 9.04. The Balaban J connectivity index is 2.06. The monoisotopic (exact) mass is 358 g/mol. The van der Waals surface area contributed by atoms with Gasteiger partial charge in [-0.15, -0.1) is 11.3 Å². The fourth-order valence-electron chi connectivity index (χ4n) is 3.98. The van der Waals surface area contributed by atoms with Gasteiger partial charge in [-0.25, -0.2) is 4.79 Å². The third kappa shape index (κ3) is 3.31. The number of rotatable bonds is 3. The van der Waals surface area contributed by atoms with Gasteiger partial charge in [-0.2, -0.15) is 0 Å². The van der Waals surface area contributed by atoms with Crippen LogP contribution in [0.2, 0.25) is 0 Å². The lowest BCUT2D eigenvalue weighted by Gasteiger charge is -2.40. The molecule has 0 aromatic carbocycles. The first-order valence-electron chi connectivity index (χ1n) is 8.22. The normalized spacial score (nSPS) is 17.6. The van der Waals surface area contributed by atoms with Crippen molar-refractivity contribution in [1.82, 2.24) is 4.98 Å². The molecule has 6 heteroatoms. The van der Waals surface area contributed by atoms with Crippen molar-refractivity contribution < 1.29 is 14.7 Å². The number of carbonyl (C=O) groups is 2. The van der Waals surface area contributed by atoms with E-state index in [0.29, 0.717) is 11.4 Å². The van der Waals surface area contributed by atoms with Crippen LogP contribution >= 0.6 is 11.3 Å². The maximum absolute atomic E-state index is 12.4. The zero-order chi connectivity index (χ0) is 18.4. The third-order valence-corrected chi connectivity index (χ3v) is 6.05.